The number of nitrogens with zero attached hydrogens (tertiary/aromatic N) is 3. The number of aromatic nitrogens is 1. The number of urea groups is 1. The van der Waals surface area contributed by atoms with Crippen molar-refractivity contribution in [1.29, 1.82) is 0 Å². The number of carbonyl (C=O) groups excluding carboxylic acids is 2. The molecule has 0 saturated heterocycles. The summed E-state index contributed by atoms with van der Waals surface area (Å²) >= 11 is 0. The molecule has 1 N–H and O–H groups in total. The van der Waals surface area contributed by atoms with Crippen LogP contribution in [0.5, 0.6) is 5.75 Å². The van der Waals surface area contributed by atoms with Crippen molar-refractivity contribution in [3.8, 4) is 5.75 Å². The third-order valence-electron chi connectivity index (χ3n) is 5.25. The minimum Gasteiger partial charge on any atom is -0.496 e. The summed E-state index contributed by atoms with van der Waals surface area (Å²) in [7, 11) is 3.28. The van der Waals surface area contributed by atoms with E-state index in [2.05, 4.69) is 10.3 Å². The van der Waals surface area contributed by atoms with Crippen LogP contribution in [0.15, 0.2) is 59.9 Å². The van der Waals surface area contributed by atoms with Crippen LogP contribution in [-0.4, -0.2) is 54.0 Å². The second-order valence-electron chi connectivity index (χ2n) is 6.84. The van der Waals surface area contributed by atoms with Crippen molar-refractivity contribution in [2.24, 2.45) is 0 Å². The number of benzene rings is 1. The normalized spacial score (nSPS) is 19.0. The summed E-state index contributed by atoms with van der Waals surface area (Å²) in [4.78, 5) is 33.4. The monoisotopic (exact) mass is 378 g/mol. The number of hydrogen-bond donors (Lipinski definition) is 1. The molecule has 0 radical (unpaired) electrons. The van der Waals surface area contributed by atoms with Crippen molar-refractivity contribution < 1.29 is 14.3 Å². The fourth-order valence-electron chi connectivity index (χ4n) is 3.74. The molecule has 1 unspecified atom stereocenters. The molecule has 0 spiro atoms. The van der Waals surface area contributed by atoms with Gasteiger partial charge in [0, 0.05) is 37.5 Å². The van der Waals surface area contributed by atoms with Crippen LogP contribution in [0.4, 0.5) is 4.79 Å². The molecule has 0 bridgehead atoms. The number of amides is 3. The molecule has 3 heterocycles. The molecule has 2 aromatic rings. The van der Waals surface area contributed by atoms with Crippen molar-refractivity contribution in [1.82, 2.24) is 20.1 Å². The maximum absolute atomic E-state index is 13.2. The molecular formula is C21H22N4O3. The van der Waals surface area contributed by atoms with Crippen LogP contribution in [0.25, 0.3) is 0 Å². The average molecular weight is 378 g/mol. The highest BCUT2D eigenvalue weighted by atomic mass is 16.5. The van der Waals surface area contributed by atoms with E-state index < -0.39 is 6.04 Å². The van der Waals surface area contributed by atoms with Crippen LogP contribution < -0.4 is 10.1 Å². The average Bonchev–Trinajstić information content (AvgIpc) is 3.06. The number of nitrogens with one attached hydrogen (secondary N) is 1. The molecule has 1 aromatic carbocycles. The highest BCUT2D eigenvalue weighted by Gasteiger charge is 2.43. The Balaban J connectivity index is 1.63. The Morgan fingerprint density at radius 1 is 1.18 bits per heavy atom. The van der Waals surface area contributed by atoms with Gasteiger partial charge in [-0.05, 0) is 18.2 Å². The number of methoxy groups -OCH3 is 1. The minimum absolute atomic E-state index is 0.0614. The van der Waals surface area contributed by atoms with Gasteiger partial charge in [-0.1, -0.05) is 24.3 Å². The Labute approximate surface area is 163 Å². The molecule has 1 atom stereocenters. The zero-order chi connectivity index (χ0) is 19.7. The second-order valence-corrected chi connectivity index (χ2v) is 6.84. The summed E-state index contributed by atoms with van der Waals surface area (Å²) in [6.45, 7) is 0.958. The van der Waals surface area contributed by atoms with Crippen molar-refractivity contribution in [3.63, 3.8) is 0 Å². The van der Waals surface area contributed by atoms with Crippen molar-refractivity contribution in [3.05, 3.63) is 71.2 Å². The SMILES string of the molecule is COc1ccccc1C1NC(=O)N(C)C2=C1C(=O)N(CCc1ccccn1)C2. The number of ether oxygens (including phenoxy) is 1. The zero-order valence-corrected chi connectivity index (χ0v) is 15.9. The molecule has 7 heteroatoms. The summed E-state index contributed by atoms with van der Waals surface area (Å²) in [5.74, 6) is 0.581. The smallest absolute Gasteiger partial charge is 0.322 e. The van der Waals surface area contributed by atoms with E-state index in [0.29, 0.717) is 30.8 Å². The second kappa shape index (κ2) is 7.34. The lowest BCUT2D eigenvalue weighted by molar-refractivity contribution is -0.125. The van der Waals surface area contributed by atoms with Gasteiger partial charge in [-0.25, -0.2) is 4.79 Å². The molecule has 3 amide bonds. The van der Waals surface area contributed by atoms with Gasteiger partial charge in [0.15, 0.2) is 0 Å². The molecule has 144 valence electrons. The first-order chi connectivity index (χ1) is 13.6. The molecule has 0 saturated carbocycles. The van der Waals surface area contributed by atoms with E-state index in [1.54, 1.807) is 25.3 Å². The largest absolute Gasteiger partial charge is 0.496 e. The van der Waals surface area contributed by atoms with Gasteiger partial charge in [0.25, 0.3) is 5.91 Å². The fourth-order valence-corrected chi connectivity index (χ4v) is 3.74. The van der Waals surface area contributed by atoms with Gasteiger partial charge < -0.3 is 15.0 Å². The minimum atomic E-state index is -0.526. The highest BCUT2D eigenvalue weighted by molar-refractivity contribution is 6.01. The summed E-state index contributed by atoms with van der Waals surface area (Å²) in [5, 5.41) is 2.94. The van der Waals surface area contributed by atoms with Gasteiger partial charge in [0.1, 0.15) is 5.75 Å². The number of rotatable bonds is 5. The third kappa shape index (κ3) is 3.09. The van der Waals surface area contributed by atoms with Gasteiger partial charge in [-0.2, -0.15) is 0 Å². The van der Waals surface area contributed by atoms with Crippen LogP contribution in [0.1, 0.15) is 17.3 Å². The first kappa shape index (κ1) is 18.0. The van der Waals surface area contributed by atoms with Crippen LogP contribution in [0.3, 0.4) is 0 Å². The Bertz CT molecular complexity index is 942. The predicted octanol–water partition coefficient (Wildman–Crippen LogP) is 2.13. The quantitative estimate of drug-likeness (QED) is 0.865. The summed E-state index contributed by atoms with van der Waals surface area (Å²) in [6.07, 6.45) is 2.41. The summed E-state index contributed by atoms with van der Waals surface area (Å²) in [6, 6.07) is 12.5. The van der Waals surface area contributed by atoms with Crippen LogP contribution in [-0.2, 0) is 11.2 Å². The van der Waals surface area contributed by atoms with E-state index in [1.165, 1.54) is 4.90 Å². The Morgan fingerprint density at radius 2 is 1.96 bits per heavy atom. The van der Waals surface area contributed by atoms with Gasteiger partial charge >= 0.3 is 6.03 Å². The van der Waals surface area contributed by atoms with Crippen LogP contribution >= 0.6 is 0 Å². The summed E-state index contributed by atoms with van der Waals surface area (Å²) < 4.78 is 5.46. The van der Waals surface area contributed by atoms with Gasteiger partial charge in [0.05, 0.1) is 31.0 Å². The third-order valence-corrected chi connectivity index (χ3v) is 5.25. The molecule has 28 heavy (non-hydrogen) atoms. The van der Waals surface area contributed by atoms with Crippen molar-refractivity contribution in [2.75, 3.05) is 27.2 Å². The fraction of sp³-hybridized carbons (Fsp3) is 0.286. The first-order valence-electron chi connectivity index (χ1n) is 9.19. The first-order valence-corrected chi connectivity index (χ1v) is 9.19. The van der Waals surface area contributed by atoms with Crippen LogP contribution in [0, 0.1) is 0 Å². The number of likely N-dealkylation sites (N-methyl/N-ethyl adjacent to an activating group) is 1. The van der Waals surface area contributed by atoms with E-state index in [-0.39, 0.29) is 11.9 Å². The summed E-state index contributed by atoms with van der Waals surface area (Å²) in [5.41, 5.74) is 3.06. The van der Waals surface area contributed by atoms with Crippen molar-refractivity contribution >= 4 is 11.9 Å². The number of para-hydroxylation sites is 1. The van der Waals surface area contributed by atoms with E-state index in [9.17, 15) is 9.59 Å². The maximum atomic E-state index is 13.2. The number of hydrogen-bond acceptors (Lipinski definition) is 4. The molecule has 4 rings (SSSR count). The van der Waals surface area contributed by atoms with Crippen LogP contribution in [0.2, 0.25) is 0 Å². The predicted molar refractivity (Wildman–Crippen MR) is 104 cm³/mol. The number of pyridine rings is 1. The van der Waals surface area contributed by atoms with E-state index in [1.807, 2.05) is 42.5 Å². The Morgan fingerprint density at radius 3 is 2.71 bits per heavy atom. The lowest BCUT2D eigenvalue weighted by Crippen LogP contribution is -2.45. The zero-order valence-electron chi connectivity index (χ0n) is 15.9. The topological polar surface area (TPSA) is 74.8 Å². The van der Waals surface area contributed by atoms with Crippen molar-refractivity contribution in [2.45, 2.75) is 12.5 Å². The molecule has 7 nitrogen and oxygen atoms in total. The Hall–Kier alpha value is -3.35. The van der Waals surface area contributed by atoms with E-state index >= 15 is 0 Å². The lowest BCUT2D eigenvalue weighted by Gasteiger charge is -2.31. The standard InChI is InChI=1S/C21H22N4O3/c1-24-16-13-25(12-10-14-7-5-6-11-22-14)20(26)18(16)19(23-21(24)27)15-8-3-4-9-17(15)28-2/h3-9,11,19H,10,12-13H2,1-2H3,(H,23,27). The molecule has 1 aromatic heterocycles. The van der Waals surface area contributed by atoms with Gasteiger partial charge in [0.2, 0.25) is 0 Å². The molecule has 0 fully saturated rings. The van der Waals surface area contributed by atoms with E-state index in [4.69, 9.17) is 4.74 Å². The lowest BCUT2D eigenvalue weighted by atomic mass is 9.95. The number of carbonyl (C=O) groups is 2. The van der Waals surface area contributed by atoms with Gasteiger partial charge in [-0.15, -0.1) is 0 Å². The highest BCUT2D eigenvalue weighted by Crippen LogP contribution is 2.38. The van der Waals surface area contributed by atoms with Gasteiger partial charge in [-0.3, -0.25) is 14.7 Å². The molecule has 0 aliphatic carbocycles. The molecular weight excluding hydrogens is 356 g/mol. The Kier molecular flexibility index (Phi) is 4.73. The maximum Gasteiger partial charge on any atom is 0.322 e. The molecule has 2 aliphatic heterocycles. The molecule has 2 aliphatic rings. The van der Waals surface area contributed by atoms with E-state index in [0.717, 1.165) is 17.0 Å².